The lowest BCUT2D eigenvalue weighted by atomic mass is 10.1. The van der Waals surface area contributed by atoms with Crippen molar-refractivity contribution in [3.8, 4) is 5.75 Å². The van der Waals surface area contributed by atoms with Crippen molar-refractivity contribution in [2.75, 3.05) is 18.1 Å². The van der Waals surface area contributed by atoms with Gasteiger partial charge in [0.2, 0.25) is 0 Å². The molecule has 4 nitrogen and oxygen atoms in total. The van der Waals surface area contributed by atoms with Crippen LogP contribution in [0.4, 0.5) is 5.69 Å². The summed E-state index contributed by atoms with van der Waals surface area (Å²) >= 11 is 11.7. The molecule has 1 amide bonds. The van der Waals surface area contributed by atoms with Crippen LogP contribution < -0.4 is 9.64 Å². The van der Waals surface area contributed by atoms with Crippen LogP contribution in [0.15, 0.2) is 42.5 Å². The molecule has 2 aromatic rings. The van der Waals surface area contributed by atoms with Crippen molar-refractivity contribution in [2.24, 2.45) is 0 Å². The number of hydrogen-bond donors (Lipinski definition) is 0. The van der Waals surface area contributed by atoms with Crippen LogP contribution in [0.5, 0.6) is 5.75 Å². The Balaban J connectivity index is 1.51. The molecule has 0 bridgehead atoms. The van der Waals surface area contributed by atoms with E-state index in [2.05, 4.69) is 0 Å². The molecule has 0 aromatic heterocycles. The van der Waals surface area contributed by atoms with Gasteiger partial charge < -0.3 is 9.64 Å². The van der Waals surface area contributed by atoms with Gasteiger partial charge in [0.15, 0.2) is 0 Å². The Kier molecular flexibility index (Phi) is 5.07. The molecule has 0 radical (unpaired) electrons. The number of unbranched alkanes of at least 4 members (excludes halogenated alkanes) is 1. The molecule has 6 heteroatoms. The summed E-state index contributed by atoms with van der Waals surface area (Å²) < 4.78 is 5.61. The van der Waals surface area contributed by atoms with Crippen LogP contribution >= 0.6 is 23.2 Å². The fourth-order valence-corrected chi connectivity index (χ4v) is 2.89. The highest BCUT2D eigenvalue weighted by Gasteiger charge is 2.35. The molecular formula is C18H15Cl2NO3. The van der Waals surface area contributed by atoms with Crippen molar-refractivity contribution in [1.29, 1.82) is 0 Å². The Labute approximate surface area is 149 Å². The first-order valence-electron chi connectivity index (χ1n) is 7.60. The van der Waals surface area contributed by atoms with Gasteiger partial charge >= 0.3 is 0 Å². The molecule has 0 saturated heterocycles. The van der Waals surface area contributed by atoms with Crippen molar-refractivity contribution in [1.82, 2.24) is 0 Å². The molecule has 0 aliphatic carbocycles. The quantitative estimate of drug-likeness (QED) is 0.565. The minimum atomic E-state index is -0.495. The molecule has 0 N–H and O–H groups in total. The number of nitrogens with zero attached hydrogens (tertiary/aromatic N) is 1. The monoisotopic (exact) mass is 363 g/mol. The second kappa shape index (κ2) is 7.24. The van der Waals surface area contributed by atoms with E-state index in [9.17, 15) is 9.59 Å². The van der Waals surface area contributed by atoms with E-state index in [4.69, 9.17) is 27.9 Å². The third-order valence-electron chi connectivity index (χ3n) is 3.79. The summed E-state index contributed by atoms with van der Waals surface area (Å²) in [4.78, 5) is 25.6. The summed E-state index contributed by atoms with van der Waals surface area (Å²) in [6.07, 6.45) is 1.50. The second-order valence-electron chi connectivity index (χ2n) is 5.46. The lowest BCUT2D eigenvalue weighted by Crippen LogP contribution is -2.30. The van der Waals surface area contributed by atoms with Gasteiger partial charge in [-0.1, -0.05) is 23.2 Å². The highest BCUT2D eigenvalue weighted by atomic mass is 35.5. The van der Waals surface area contributed by atoms with E-state index in [-0.39, 0.29) is 0 Å². The molecule has 124 valence electrons. The van der Waals surface area contributed by atoms with Gasteiger partial charge in [0.1, 0.15) is 5.75 Å². The molecule has 24 heavy (non-hydrogen) atoms. The number of hydrogen-bond acceptors (Lipinski definition) is 3. The van der Waals surface area contributed by atoms with Crippen molar-refractivity contribution in [2.45, 2.75) is 12.8 Å². The van der Waals surface area contributed by atoms with Crippen LogP contribution in [0.3, 0.4) is 0 Å². The van der Waals surface area contributed by atoms with Crippen LogP contribution in [-0.2, 0) is 4.79 Å². The normalized spacial score (nSPS) is 13.3. The zero-order chi connectivity index (χ0) is 17.1. The number of carbonyl (C=O) groups is 2. The molecule has 0 fully saturated rings. The Hall–Kier alpha value is -2.04. The maximum absolute atomic E-state index is 12.1. The third kappa shape index (κ3) is 3.55. The molecule has 1 heterocycles. The number of anilines is 1. The van der Waals surface area contributed by atoms with Gasteiger partial charge in [-0.25, -0.2) is 0 Å². The fraction of sp³-hybridized carbons (Fsp3) is 0.222. The van der Waals surface area contributed by atoms with Gasteiger partial charge in [-0.05, 0) is 55.3 Å². The van der Waals surface area contributed by atoms with Crippen LogP contribution in [0.25, 0.3) is 0 Å². The second-order valence-corrected chi connectivity index (χ2v) is 6.33. The van der Waals surface area contributed by atoms with Gasteiger partial charge in [-0.3, -0.25) is 9.59 Å². The Morgan fingerprint density at radius 2 is 1.62 bits per heavy atom. The number of ketones is 1. The topological polar surface area (TPSA) is 46.6 Å². The van der Waals surface area contributed by atoms with Crippen molar-refractivity contribution in [3.05, 3.63) is 58.1 Å². The van der Waals surface area contributed by atoms with E-state index in [1.54, 1.807) is 30.3 Å². The highest BCUT2D eigenvalue weighted by Crippen LogP contribution is 2.31. The molecule has 0 spiro atoms. The number of benzene rings is 2. The Morgan fingerprint density at radius 1 is 0.917 bits per heavy atom. The Morgan fingerprint density at radius 3 is 2.38 bits per heavy atom. The Bertz CT molecular complexity index is 774. The average Bonchev–Trinajstić information content (AvgIpc) is 2.81. The minimum absolute atomic E-state index is 0.380. The van der Waals surface area contributed by atoms with E-state index in [1.807, 2.05) is 12.1 Å². The zero-order valence-electron chi connectivity index (χ0n) is 12.8. The maximum atomic E-state index is 12.1. The van der Waals surface area contributed by atoms with E-state index >= 15 is 0 Å². The first-order valence-corrected chi connectivity index (χ1v) is 8.36. The van der Waals surface area contributed by atoms with E-state index in [0.717, 1.165) is 18.6 Å². The minimum Gasteiger partial charge on any atom is -0.494 e. The van der Waals surface area contributed by atoms with Crippen LogP contribution in [0.2, 0.25) is 10.0 Å². The number of ether oxygens (including phenoxy) is 1. The predicted octanol–water partition coefficient (Wildman–Crippen LogP) is 4.38. The smallest absolute Gasteiger partial charge is 0.299 e. The van der Waals surface area contributed by atoms with Gasteiger partial charge in [-0.2, -0.15) is 0 Å². The van der Waals surface area contributed by atoms with E-state index < -0.39 is 11.7 Å². The molecule has 3 rings (SSSR count). The lowest BCUT2D eigenvalue weighted by molar-refractivity contribution is -0.114. The largest absolute Gasteiger partial charge is 0.494 e. The summed E-state index contributed by atoms with van der Waals surface area (Å²) in [5.74, 6) is -0.234. The summed E-state index contributed by atoms with van der Waals surface area (Å²) in [5.41, 5.74) is 1.01. The molecule has 0 saturated carbocycles. The summed E-state index contributed by atoms with van der Waals surface area (Å²) in [6.45, 7) is 1.01. The SMILES string of the molecule is O=C1C(=O)N(CCCCOc2ccc(Cl)cc2)c2ccc(Cl)cc21. The van der Waals surface area contributed by atoms with Crippen LogP contribution in [-0.4, -0.2) is 24.8 Å². The molecule has 1 aliphatic rings. The predicted molar refractivity (Wildman–Crippen MR) is 94.3 cm³/mol. The third-order valence-corrected chi connectivity index (χ3v) is 4.28. The molecular weight excluding hydrogens is 349 g/mol. The number of amides is 1. The standard InChI is InChI=1S/C18H15Cl2NO3/c19-12-3-6-14(7-4-12)24-10-2-1-9-21-16-8-5-13(20)11-15(16)17(22)18(21)23/h3-8,11H,1-2,9-10H2. The van der Waals surface area contributed by atoms with Gasteiger partial charge in [0.05, 0.1) is 17.9 Å². The first-order chi connectivity index (χ1) is 11.6. The van der Waals surface area contributed by atoms with Crippen molar-refractivity contribution >= 4 is 40.6 Å². The molecule has 2 aromatic carbocycles. The summed E-state index contributed by atoms with van der Waals surface area (Å²) in [5, 5.41) is 1.12. The zero-order valence-corrected chi connectivity index (χ0v) is 14.3. The van der Waals surface area contributed by atoms with Gasteiger partial charge in [0.25, 0.3) is 11.7 Å². The maximum Gasteiger partial charge on any atom is 0.299 e. The van der Waals surface area contributed by atoms with Gasteiger partial charge in [0, 0.05) is 16.6 Å². The lowest BCUT2D eigenvalue weighted by Gasteiger charge is -2.16. The summed E-state index contributed by atoms with van der Waals surface area (Å²) in [6, 6.07) is 12.1. The van der Waals surface area contributed by atoms with Crippen LogP contribution in [0, 0.1) is 0 Å². The average molecular weight is 364 g/mol. The summed E-state index contributed by atoms with van der Waals surface area (Å²) in [7, 11) is 0. The number of rotatable bonds is 6. The van der Waals surface area contributed by atoms with Crippen molar-refractivity contribution < 1.29 is 14.3 Å². The molecule has 0 unspecified atom stereocenters. The number of fused-ring (bicyclic) bond motifs is 1. The first kappa shape index (κ1) is 16.8. The highest BCUT2D eigenvalue weighted by molar-refractivity contribution is 6.52. The van der Waals surface area contributed by atoms with Crippen LogP contribution in [0.1, 0.15) is 23.2 Å². The van der Waals surface area contributed by atoms with Gasteiger partial charge in [-0.15, -0.1) is 0 Å². The number of halogens is 2. The van der Waals surface area contributed by atoms with Crippen molar-refractivity contribution in [3.63, 3.8) is 0 Å². The number of carbonyl (C=O) groups excluding carboxylic acids is 2. The molecule has 0 atom stereocenters. The van der Waals surface area contributed by atoms with E-state index in [1.165, 1.54) is 4.90 Å². The fourth-order valence-electron chi connectivity index (χ4n) is 2.59. The molecule has 1 aliphatic heterocycles. The number of Topliss-reactive ketones (excluding diaryl/α,β-unsaturated/α-hetero) is 1. The van der Waals surface area contributed by atoms with E-state index in [0.29, 0.717) is 34.4 Å².